The molecule has 0 aliphatic carbocycles. The van der Waals surface area contributed by atoms with Crippen LogP contribution in [0, 0.1) is 0 Å². The van der Waals surface area contributed by atoms with Gasteiger partial charge in [-0.2, -0.15) is 0 Å². The quantitative estimate of drug-likeness (QED) is 0.169. The molecule has 0 amide bonds. The van der Waals surface area contributed by atoms with Gasteiger partial charge in [0.1, 0.15) is 0 Å². The third-order valence-electron chi connectivity index (χ3n) is 6.69. The minimum Gasteiger partial charge on any atom is -0.480 e. The smallest absolute Gasteiger partial charge is 0.317 e. The average Bonchev–Trinajstić information content (AvgIpc) is 2.87. The molecular weight excluding hydrogens is 568 g/mol. The lowest BCUT2D eigenvalue weighted by molar-refractivity contribution is -0.142. The summed E-state index contributed by atoms with van der Waals surface area (Å²) in [5.74, 6) is -4.22. The van der Waals surface area contributed by atoms with Crippen LogP contribution >= 0.6 is 12.2 Å². The van der Waals surface area contributed by atoms with E-state index in [2.05, 4.69) is 10.6 Å². The molecule has 234 valence electrons. The Balaban J connectivity index is 2.40. The highest BCUT2D eigenvalue weighted by Crippen LogP contribution is 2.23. The van der Waals surface area contributed by atoms with E-state index in [0.717, 1.165) is 11.1 Å². The molecule has 1 aliphatic heterocycles. The van der Waals surface area contributed by atoms with Gasteiger partial charge in [0.15, 0.2) is 5.11 Å². The van der Waals surface area contributed by atoms with Crippen molar-refractivity contribution in [2.75, 3.05) is 72.0 Å². The molecule has 1 aliphatic rings. The van der Waals surface area contributed by atoms with Gasteiger partial charge in [-0.1, -0.05) is 24.3 Å². The number of nitrogens with zero attached hydrogens (tertiary/aromatic N) is 4. The van der Waals surface area contributed by atoms with Crippen LogP contribution in [0.15, 0.2) is 24.3 Å². The van der Waals surface area contributed by atoms with Gasteiger partial charge in [0.25, 0.3) is 0 Å². The van der Waals surface area contributed by atoms with Gasteiger partial charge in [0.05, 0.1) is 26.2 Å². The van der Waals surface area contributed by atoms with Crippen LogP contribution in [0.4, 0.5) is 0 Å². The lowest BCUT2D eigenvalue weighted by Gasteiger charge is -2.37. The van der Waals surface area contributed by atoms with Crippen LogP contribution in [-0.2, 0) is 25.7 Å². The van der Waals surface area contributed by atoms with E-state index >= 15 is 0 Å². The Bertz CT molecular complexity index is 1070. The maximum absolute atomic E-state index is 11.9. The number of carboxylic acid groups (broad SMARTS) is 4. The van der Waals surface area contributed by atoms with E-state index in [1.165, 1.54) is 0 Å². The van der Waals surface area contributed by atoms with Crippen molar-refractivity contribution in [2.24, 2.45) is 0 Å². The van der Waals surface area contributed by atoms with Gasteiger partial charge in [-0.15, -0.1) is 0 Å². The molecule has 1 fully saturated rings. The van der Waals surface area contributed by atoms with Crippen molar-refractivity contribution in [1.29, 1.82) is 0 Å². The van der Waals surface area contributed by atoms with E-state index in [-0.39, 0.29) is 78.0 Å². The summed E-state index contributed by atoms with van der Waals surface area (Å²) >= 11 is 5.29. The number of carboxylic acids is 4. The van der Waals surface area contributed by atoms with Crippen LogP contribution in [0.5, 0.6) is 0 Å². The zero-order valence-corrected chi connectivity index (χ0v) is 24.9. The van der Waals surface area contributed by atoms with Gasteiger partial charge >= 0.3 is 23.9 Å². The highest BCUT2D eigenvalue weighted by Gasteiger charge is 2.28. The van der Waals surface area contributed by atoms with Crippen molar-refractivity contribution in [3.05, 3.63) is 35.4 Å². The van der Waals surface area contributed by atoms with Crippen LogP contribution in [0.2, 0.25) is 0 Å². The van der Waals surface area contributed by atoms with Gasteiger partial charge in [-0.05, 0) is 37.2 Å². The number of carbonyl (C=O) groups is 4. The lowest BCUT2D eigenvalue weighted by Crippen LogP contribution is -2.50. The number of thiocarbonyl (C=S) groups is 1. The van der Waals surface area contributed by atoms with Gasteiger partial charge in [-0.3, -0.25) is 38.8 Å². The molecule has 6 N–H and O–H groups in total. The standard InChI is InChI=1S/C27H42N6O8S/c1-19(2)29-27(42)28-13-20-3-5-21(6-4-20)22-14-32(17-25(38)39)10-9-30(15-23(34)35)7-8-31(16-24(36)37)11-12-33(22)18-26(40)41/h3-6,19,22H,7-18H2,1-2H3,(H,34,35)(H,36,37)(H,38,39)(H,40,41)(H2,28,29,42). The summed E-state index contributed by atoms with van der Waals surface area (Å²) < 4.78 is 0. The number of hydrogen-bond donors (Lipinski definition) is 6. The molecule has 1 saturated heterocycles. The monoisotopic (exact) mass is 610 g/mol. The van der Waals surface area contributed by atoms with Crippen molar-refractivity contribution < 1.29 is 39.6 Å². The van der Waals surface area contributed by atoms with Crippen LogP contribution < -0.4 is 10.6 Å². The first-order valence-electron chi connectivity index (χ1n) is 13.7. The van der Waals surface area contributed by atoms with Crippen LogP contribution in [-0.4, -0.2) is 147 Å². The van der Waals surface area contributed by atoms with E-state index in [9.17, 15) is 39.6 Å². The van der Waals surface area contributed by atoms with E-state index in [1.807, 2.05) is 38.1 Å². The van der Waals surface area contributed by atoms with Crippen LogP contribution in [0.25, 0.3) is 0 Å². The van der Waals surface area contributed by atoms with Gasteiger partial charge < -0.3 is 31.1 Å². The molecule has 0 bridgehead atoms. The lowest BCUT2D eigenvalue weighted by atomic mass is 10.0. The molecule has 42 heavy (non-hydrogen) atoms. The summed E-state index contributed by atoms with van der Waals surface area (Å²) in [6.07, 6.45) is 0. The van der Waals surface area contributed by atoms with Gasteiger partial charge in [0.2, 0.25) is 0 Å². The van der Waals surface area contributed by atoms with Crippen molar-refractivity contribution >= 4 is 41.2 Å². The molecule has 1 unspecified atom stereocenters. The Hall–Kier alpha value is -3.37. The molecule has 0 aromatic heterocycles. The molecule has 0 spiro atoms. The van der Waals surface area contributed by atoms with E-state index < -0.39 is 29.9 Å². The summed E-state index contributed by atoms with van der Waals surface area (Å²) in [4.78, 5) is 53.4. The van der Waals surface area contributed by atoms with Crippen molar-refractivity contribution in [2.45, 2.75) is 32.5 Å². The SMILES string of the molecule is CC(C)NC(=S)NCc1ccc(C2CN(CC(=O)O)CCN(CC(=O)O)CCN(CC(=O)O)CCN2CC(=O)O)cc1. The first-order chi connectivity index (χ1) is 19.8. The summed E-state index contributed by atoms with van der Waals surface area (Å²) in [6, 6.07) is 7.16. The molecular formula is C27H42N6O8S. The molecule has 0 saturated carbocycles. The maximum atomic E-state index is 11.9. The van der Waals surface area contributed by atoms with E-state index in [4.69, 9.17) is 12.2 Å². The Morgan fingerprint density at radius 1 is 0.762 bits per heavy atom. The predicted octanol–water partition coefficient (Wildman–Crippen LogP) is -0.340. The Kier molecular flexibility index (Phi) is 14.6. The zero-order chi connectivity index (χ0) is 31.2. The van der Waals surface area contributed by atoms with Crippen molar-refractivity contribution in [3.63, 3.8) is 0 Å². The molecule has 1 heterocycles. The maximum Gasteiger partial charge on any atom is 0.317 e. The van der Waals surface area contributed by atoms with E-state index in [1.54, 1.807) is 19.6 Å². The van der Waals surface area contributed by atoms with E-state index in [0.29, 0.717) is 11.7 Å². The summed E-state index contributed by atoms with van der Waals surface area (Å²) in [6.45, 7) is 4.76. The molecule has 0 radical (unpaired) electrons. The topological polar surface area (TPSA) is 186 Å². The third-order valence-corrected chi connectivity index (χ3v) is 6.95. The normalized spacial score (nSPS) is 18.5. The second-order valence-electron chi connectivity index (χ2n) is 10.6. The molecule has 1 aromatic rings. The second kappa shape index (κ2) is 17.6. The zero-order valence-electron chi connectivity index (χ0n) is 24.1. The highest BCUT2D eigenvalue weighted by molar-refractivity contribution is 7.80. The number of nitrogens with one attached hydrogen (secondary N) is 2. The largest absolute Gasteiger partial charge is 0.480 e. The average molecular weight is 611 g/mol. The first kappa shape index (κ1) is 34.8. The molecule has 1 atom stereocenters. The van der Waals surface area contributed by atoms with Crippen molar-refractivity contribution in [3.8, 4) is 0 Å². The molecule has 1 aromatic carbocycles. The summed E-state index contributed by atoms with van der Waals surface area (Å²) in [5.41, 5.74) is 1.70. The predicted molar refractivity (Wildman–Crippen MR) is 158 cm³/mol. The molecule has 2 rings (SSSR count). The molecule has 14 nitrogen and oxygen atoms in total. The second-order valence-corrected chi connectivity index (χ2v) is 11.0. The van der Waals surface area contributed by atoms with Gasteiger partial charge in [0, 0.05) is 64.4 Å². The fourth-order valence-corrected chi connectivity index (χ4v) is 5.04. The minimum atomic E-state index is -1.07. The van der Waals surface area contributed by atoms with Gasteiger partial charge in [-0.25, -0.2) is 0 Å². The number of hydrogen-bond acceptors (Lipinski definition) is 9. The molecule has 15 heteroatoms. The number of benzene rings is 1. The minimum absolute atomic E-state index is 0.166. The van der Waals surface area contributed by atoms with Crippen LogP contribution in [0.3, 0.4) is 0 Å². The summed E-state index contributed by atoms with van der Waals surface area (Å²) in [7, 11) is 0. The fraction of sp³-hybridized carbons (Fsp3) is 0.593. The Morgan fingerprint density at radius 2 is 1.21 bits per heavy atom. The first-order valence-corrected chi connectivity index (χ1v) is 14.1. The third kappa shape index (κ3) is 13.5. The highest BCUT2D eigenvalue weighted by atomic mass is 32.1. The number of aliphatic carboxylic acids is 4. The van der Waals surface area contributed by atoms with Crippen LogP contribution in [0.1, 0.15) is 31.0 Å². The van der Waals surface area contributed by atoms with Crippen molar-refractivity contribution in [1.82, 2.24) is 30.2 Å². The Labute approximate surface area is 250 Å². The number of rotatable bonds is 12. The fourth-order valence-electron chi connectivity index (χ4n) is 4.73. The summed E-state index contributed by atoms with van der Waals surface area (Å²) in [5, 5.41) is 44.9. The Morgan fingerprint density at radius 3 is 1.69 bits per heavy atom.